The van der Waals surface area contributed by atoms with E-state index in [9.17, 15) is 4.79 Å². The van der Waals surface area contributed by atoms with Gasteiger partial charge in [-0.25, -0.2) is 0 Å². The third kappa shape index (κ3) is 5.27. The van der Waals surface area contributed by atoms with Gasteiger partial charge in [-0.2, -0.15) is 11.8 Å². The molecule has 5 aliphatic heterocycles. The first-order valence-electron chi connectivity index (χ1n) is 16.1. The van der Waals surface area contributed by atoms with Gasteiger partial charge in [0, 0.05) is 60.1 Å². The third-order valence-corrected chi connectivity index (χ3v) is 13.2. The van der Waals surface area contributed by atoms with E-state index in [1.165, 1.54) is 102 Å². The molecule has 3 atom stereocenters. The van der Waals surface area contributed by atoms with Crippen LogP contribution in [0.4, 0.5) is 5.00 Å². The molecular formula is C34H48N4OS2. The number of carbonyl (C=O) groups is 1. The van der Waals surface area contributed by atoms with Crippen LogP contribution in [0.2, 0.25) is 0 Å². The van der Waals surface area contributed by atoms with E-state index in [1.54, 1.807) is 0 Å². The van der Waals surface area contributed by atoms with Gasteiger partial charge in [0.2, 0.25) is 5.91 Å². The Morgan fingerprint density at radius 2 is 1.61 bits per heavy atom. The zero-order valence-electron chi connectivity index (χ0n) is 25.5. The van der Waals surface area contributed by atoms with Gasteiger partial charge >= 0.3 is 0 Å². The van der Waals surface area contributed by atoms with Gasteiger partial charge in [-0.1, -0.05) is 29.3 Å². The minimum atomic E-state index is -0.475. The highest BCUT2D eigenvalue weighted by Gasteiger charge is 2.48. The summed E-state index contributed by atoms with van der Waals surface area (Å²) in [6.45, 7) is 14.9. The van der Waals surface area contributed by atoms with E-state index >= 15 is 0 Å². The monoisotopic (exact) mass is 592 g/mol. The Morgan fingerprint density at radius 1 is 0.927 bits per heavy atom. The van der Waals surface area contributed by atoms with Crippen molar-refractivity contribution in [3.8, 4) is 0 Å². The highest BCUT2D eigenvalue weighted by atomic mass is 32.2. The van der Waals surface area contributed by atoms with Crippen LogP contribution in [-0.2, 0) is 10.2 Å². The minimum Gasteiger partial charge on any atom is -0.369 e. The van der Waals surface area contributed by atoms with Crippen LogP contribution in [0.15, 0.2) is 24.3 Å². The highest BCUT2D eigenvalue weighted by molar-refractivity contribution is 7.99. The molecule has 0 aliphatic carbocycles. The maximum atomic E-state index is 14.0. The molecule has 5 nitrogen and oxygen atoms in total. The molecule has 4 fully saturated rings. The summed E-state index contributed by atoms with van der Waals surface area (Å²) < 4.78 is 0. The molecule has 0 radical (unpaired) electrons. The Hall–Kier alpha value is -1.54. The van der Waals surface area contributed by atoms with E-state index in [4.69, 9.17) is 0 Å². The van der Waals surface area contributed by atoms with E-state index in [0.29, 0.717) is 30.0 Å². The molecule has 4 saturated heterocycles. The molecule has 7 rings (SSSR count). The summed E-state index contributed by atoms with van der Waals surface area (Å²) in [5.41, 5.74) is 5.06. The molecule has 1 amide bonds. The number of rotatable bonds is 7. The molecule has 1 aromatic heterocycles. The summed E-state index contributed by atoms with van der Waals surface area (Å²) in [6.07, 6.45) is 7.26. The Kier molecular flexibility index (Phi) is 7.71. The van der Waals surface area contributed by atoms with Crippen LogP contribution in [0.1, 0.15) is 91.5 Å². The number of thiophene rings is 1. The number of nitrogens with one attached hydrogen (secondary N) is 1. The second-order valence-corrected chi connectivity index (χ2v) is 16.3. The van der Waals surface area contributed by atoms with Crippen LogP contribution in [0.25, 0.3) is 0 Å². The molecule has 3 unspecified atom stereocenters. The second kappa shape index (κ2) is 11.2. The maximum absolute atomic E-state index is 14.0. The third-order valence-electron chi connectivity index (χ3n) is 10.9. The van der Waals surface area contributed by atoms with Crippen molar-refractivity contribution in [3.05, 3.63) is 51.4 Å². The number of likely N-dealkylation sites (tertiary alicyclic amines) is 1. The van der Waals surface area contributed by atoms with Crippen molar-refractivity contribution in [2.75, 3.05) is 49.5 Å². The first kappa shape index (κ1) is 28.2. The summed E-state index contributed by atoms with van der Waals surface area (Å²) >= 11 is 3.96. The van der Waals surface area contributed by atoms with Crippen molar-refractivity contribution in [2.45, 2.75) is 102 Å². The summed E-state index contributed by atoms with van der Waals surface area (Å²) in [5, 5.41) is 5.28. The molecule has 7 heteroatoms. The molecule has 1 aromatic carbocycles. The molecule has 222 valence electrons. The SMILES string of the molecule is Cc1cc(C)cc(C2Nc3sc(C(C)(C)C(=O)N4C5CCC4CC5)cc3C2CCN2CCC(N3CCSCC3)C2)c1. The highest BCUT2D eigenvalue weighted by Crippen LogP contribution is 2.53. The van der Waals surface area contributed by atoms with Crippen LogP contribution in [0, 0.1) is 13.8 Å². The van der Waals surface area contributed by atoms with Gasteiger partial charge in [-0.05, 0) is 96.5 Å². The zero-order chi connectivity index (χ0) is 28.3. The molecule has 2 aromatic rings. The lowest BCUT2D eigenvalue weighted by molar-refractivity contribution is -0.137. The fourth-order valence-electron chi connectivity index (χ4n) is 8.60. The average Bonchev–Trinajstić information content (AvgIpc) is 3.78. The Balaban J connectivity index is 1.11. The van der Waals surface area contributed by atoms with Crippen molar-refractivity contribution in [2.24, 2.45) is 0 Å². The van der Waals surface area contributed by atoms with E-state index in [-0.39, 0.29) is 0 Å². The largest absolute Gasteiger partial charge is 0.369 e. The molecule has 41 heavy (non-hydrogen) atoms. The van der Waals surface area contributed by atoms with Gasteiger partial charge in [0.15, 0.2) is 0 Å². The average molecular weight is 593 g/mol. The van der Waals surface area contributed by atoms with Gasteiger partial charge in [-0.3, -0.25) is 9.69 Å². The number of benzene rings is 1. The number of anilines is 1. The standard InChI is InChI=1S/C34H48N4OS2/c1-22-17-23(2)19-24(18-22)31-28(10-12-36-11-9-27(21-36)37-13-15-40-16-14-37)29-20-30(41-32(29)35-31)34(3,4)33(39)38-25-5-6-26(38)8-7-25/h17-20,25-28,31,35H,5-16,21H2,1-4H3. The molecule has 1 N–H and O–H groups in total. The number of carbonyl (C=O) groups excluding carboxylic acids is 1. The first-order chi connectivity index (χ1) is 19.8. The van der Waals surface area contributed by atoms with Crippen LogP contribution >= 0.6 is 23.1 Å². The number of fused-ring (bicyclic) bond motifs is 3. The molecule has 2 bridgehead atoms. The predicted molar refractivity (Wildman–Crippen MR) is 174 cm³/mol. The van der Waals surface area contributed by atoms with Crippen molar-refractivity contribution < 1.29 is 4.79 Å². The molecular weight excluding hydrogens is 545 g/mol. The topological polar surface area (TPSA) is 38.8 Å². The lowest BCUT2D eigenvalue weighted by Gasteiger charge is -2.32. The normalized spacial score (nSPS) is 30.2. The second-order valence-electron chi connectivity index (χ2n) is 14.0. The fourth-order valence-corrected chi connectivity index (χ4v) is 10.8. The molecule has 6 heterocycles. The predicted octanol–water partition coefficient (Wildman–Crippen LogP) is 6.56. The van der Waals surface area contributed by atoms with Gasteiger partial charge < -0.3 is 15.1 Å². The van der Waals surface area contributed by atoms with Crippen molar-refractivity contribution in [3.63, 3.8) is 0 Å². The quantitative estimate of drug-likeness (QED) is 0.394. The Bertz CT molecular complexity index is 1240. The van der Waals surface area contributed by atoms with E-state index < -0.39 is 5.41 Å². The summed E-state index contributed by atoms with van der Waals surface area (Å²) in [4.78, 5) is 23.0. The summed E-state index contributed by atoms with van der Waals surface area (Å²) in [5.74, 6) is 3.37. The number of thioether (sulfide) groups is 1. The maximum Gasteiger partial charge on any atom is 0.233 e. The van der Waals surface area contributed by atoms with Crippen molar-refractivity contribution in [1.82, 2.24) is 14.7 Å². The van der Waals surface area contributed by atoms with Crippen molar-refractivity contribution in [1.29, 1.82) is 0 Å². The van der Waals surface area contributed by atoms with Gasteiger partial charge in [0.25, 0.3) is 0 Å². The van der Waals surface area contributed by atoms with E-state index in [0.717, 1.165) is 19.0 Å². The summed E-state index contributed by atoms with van der Waals surface area (Å²) in [6, 6.07) is 11.5. The van der Waals surface area contributed by atoms with Gasteiger partial charge in [0.05, 0.1) is 16.5 Å². The van der Waals surface area contributed by atoms with Crippen LogP contribution in [-0.4, -0.2) is 83.0 Å². The lowest BCUT2D eigenvalue weighted by Crippen LogP contribution is -2.45. The number of hydrogen-bond donors (Lipinski definition) is 1. The van der Waals surface area contributed by atoms with Gasteiger partial charge in [-0.15, -0.1) is 11.3 Å². The Labute approximate surface area is 255 Å². The molecule has 0 spiro atoms. The van der Waals surface area contributed by atoms with E-state index in [1.807, 2.05) is 11.3 Å². The summed E-state index contributed by atoms with van der Waals surface area (Å²) in [7, 11) is 0. The number of nitrogens with zero attached hydrogens (tertiary/aromatic N) is 3. The lowest BCUT2D eigenvalue weighted by atomic mass is 9.84. The van der Waals surface area contributed by atoms with Gasteiger partial charge in [0.1, 0.15) is 0 Å². The number of hydrogen-bond acceptors (Lipinski definition) is 6. The zero-order valence-corrected chi connectivity index (χ0v) is 27.1. The number of amides is 1. The van der Waals surface area contributed by atoms with Crippen LogP contribution < -0.4 is 5.32 Å². The Morgan fingerprint density at radius 3 is 2.29 bits per heavy atom. The number of aryl methyl sites for hydroxylation is 2. The van der Waals surface area contributed by atoms with Crippen LogP contribution in [0.5, 0.6) is 0 Å². The van der Waals surface area contributed by atoms with Crippen molar-refractivity contribution >= 4 is 34.0 Å². The smallest absolute Gasteiger partial charge is 0.233 e. The van der Waals surface area contributed by atoms with Crippen LogP contribution in [0.3, 0.4) is 0 Å². The first-order valence-corrected chi connectivity index (χ1v) is 18.1. The minimum absolute atomic E-state index is 0.301. The molecule has 0 saturated carbocycles. The van der Waals surface area contributed by atoms with E-state index in [2.05, 4.69) is 83.7 Å². The fraction of sp³-hybridized carbons (Fsp3) is 0.676. The molecule has 5 aliphatic rings.